The molecule has 0 aliphatic rings. The zero-order valence-corrected chi connectivity index (χ0v) is 26.1. The average molecular weight is 651 g/mol. The van der Waals surface area contributed by atoms with Crippen LogP contribution in [0.25, 0.3) is 10.9 Å². The average Bonchev–Trinajstić information content (AvgIpc) is 3.39. The van der Waals surface area contributed by atoms with Gasteiger partial charge in [0.15, 0.2) is 0 Å². The molecule has 1 unspecified atom stereocenters. The summed E-state index contributed by atoms with van der Waals surface area (Å²) < 4.78 is 13.2. The maximum absolute atomic E-state index is 13.3. The third-order valence-corrected chi connectivity index (χ3v) is 8.72. The number of amides is 2. The molecule has 0 spiro atoms. The topological polar surface area (TPSA) is 263 Å². The van der Waals surface area contributed by atoms with Gasteiger partial charge in [0.25, 0.3) is 19.4 Å². The molecule has 3 aromatic rings. The van der Waals surface area contributed by atoms with E-state index in [1.165, 1.54) is 0 Å². The number of aromatic amines is 1. The molecule has 0 fully saturated rings. The van der Waals surface area contributed by atoms with Gasteiger partial charge >= 0.3 is 0 Å². The first kappa shape index (κ1) is 40.5. The van der Waals surface area contributed by atoms with E-state index in [4.69, 9.17) is 41.2 Å². The number of nitrogens with two attached hydrogens (primary N) is 2. The Hall–Kier alpha value is -4.52. The van der Waals surface area contributed by atoms with E-state index in [2.05, 4.69) is 10.3 Å². The van der Waals surface area contributed by atoms with Crippen molar-refractivity contribution in [3.05, 3.63) is 71.9 Å². The minimum absolute atomic E-state index is 0.0990. The number of hydrogen-bond donors (Lipinski definition) is 8. The minimum Gasteiger partial charge on any atom is -0.483 e. The summed E-state index contributed by atoms with van der Waals surface area (Å²) in [7, 11) is -3.85. The van der Waals surface area contributed by atoms with E-state index >= 15 is 0 Å². The number of para-hydroxylation sites is 1. The van der Waals surface area contributed by atoms with E-state index in [9.17, 15) is 19.0 Å². The molecule has 0 saturated carbocycles. The van der Waals surface area contributed by atoms with Gasteiger partial charge in [0.2, 0.25) is 19.2 Å². The number of aryl methyl sites for hydroxylation is 1. The van der Waals surface area contributed by atoms with Gasteiger partial charge in [-0.1, -0.05) is 62.4 Å². The second kappa shape index (κ2) is 22.1. The first-order valence-electron chi connectivity index (χ1n) is 13.8. The SMILES string of the molecule is CC(C)C[C@@H](CP(=O)(O)[C@@H](N)CCc1ccccc1)C(=O)N[C@@H](Cc1c[nH]c2ccccc12)C(N)=O.O=CO.O=CO.O=CO. The van der Waals surface area contributed by atoms with Gasteiger partial charge < -0.3 is 42.0 Å². The lowest BCUT2D eigenvalue weighted by molar-refractivity contribution is -0.129. The van der Waals surface area contributed by atoms with Crippen LogP contribution < -0.4 is 16.8 Å². The van der Waals surface area contributed by atoms with Gasteiger partial charge in [0.1, 0.15) is 6.04 Å². The van der Waals surface area contributed by atoms with E-state index in [0.717, 1.165) is 22.0 Å². The summed E-state index contributed by atoms with van der Waals surface area (Å²) in [5.74, 6) is -2.74. The molecule has 1 heterocycles. The summed E-state index contributed by atoms with van der Waals surface area (Å²) in [6.07, 6.45) is 3.06. The second-order valence-electron chi connectivity index (χ2n) is 10.2. The van der Waals surface area contributed by atoms with Crippen LogP contribution in [-0.4, -0.2) is 74.4 Å². The predicted molar refractivity (Wildman–Crippen MR) is 170 cm³/mol. The van der Waals surface area contributed by atoms with E-state index in [1.54, 1.807) is 6.20 Å². The molecule has 0 aliphatic heterocycles. The number of rotatable bonds is 13. The third kappa shape index (κ3) is 15.7. The Morgan fingerprint density at radius 2 is 1.49 bits per heavy atom. The van der Waals surface area contributed by atoms with Gasteiger partial charge in [-0.2, -0.15) is 0 Å². The molecule has 248 valence electrons. The highest BCUT2D eigenvalue weighted by Gasteiger charge is 2.35. The molecule has 2 aromatic carbocycles. The van der Waals surface area contributed by atoms with Crippen molar-refractivity contribution in [3.8, 4) is 0 Å². The monoisotopic (exact) mass is 650 g/mol. The van der Waals surface area contributed by atoms with Crippen LogP contribution in [0.2, 0.25) is 0 Å². The number of carbonyl (C=O) groups is 5. The Balaban J connectivity index is 0.00000192. The van der Waals surface area contributed by atoms with Crippen molar-refractivity contribution in [2.45, 2.75) is 51.4 Å². The molecule has 15 heteroatoms. The smallest absolute Gasteiger partial charge is 0.290 e. The van der Waals surface area contributed by atoms with Crippen LogP contribution >= 0.6 is 7.37 Å². The summed E-state index contributed by atoms with van der Waals surface area (Å²) in [6, 6.07) is 16.3. The van der Waals surface area contributed by atoms with Crippen molar-refractivity contribution in [2.75, 3.05) is 6.16 Å². The Morgan fingerprint density at radius 3 is 2.02 bits per heavy atom. The first-order valence-corrected chi connectivity index (χ1v) is 15.7. The van der Waals surface area contributed by atoms with Crippen LogP contribution in [-0.2, 0) is 41.4 Å². The molecule has 14 nitrogen and oxygen atoms in total. The first-order chi connectivity index (χ1) is 21.3. The normalized spacial score (nSPS) is 13.4. The van der Waals surface area contributed by atoms with Gasteiger partial charge in [-0.15, -0.1) is 0 Å². The minimum atomic E-state index is -3.85. The lowest BCUT2D eigenvalue weighted by Gasteiger charge is -2.26. The molecule has 0 aliphatic carbocycles. The molecule has 2 amide bonds. The molecular weight excluding hydrogens is 607 g/mol. The van der Waals surface area contributed by atoms with E-state index < -0.39 is 36.9 Å². The Kier molecular flexibility index (Phi) is 19.8. The fourth-order valence-electron chi connectivity index (χ4n) is 4.48. The summed E-state index contributed by atoms with van der Waals surface area (Å²) in [5.41, 5.74) is 14.6. The molecule has 3 rings (SSSR count). The standard InChI is InChI=1S/C27H37N4O4P.3CH2O2/c1-18(2)14-21(17-36(34,35)25(28)13-12-19-8-4-3-5-9-19)27(33)31-24(26(29)32)15-20-16-30-23-11-7-6-10-22(20)23;3*2-1-3/h3-11,16,18,21,24-25,30H,12-15,17,28H2,1-2H3,(H2,29,32)(H,31,33)(H,34,35);3*1H,(H,2,3)/t21-,24-,25+;;;/m0.../s1. The van der Waals surface area contributed by atoms with Crippen molar-refractivity contribution >= 4 is 49.5 Å². The fraction of sp³-hybridized carbons (Fsp3) is 0.367. The highest BCUT2D eigenvalue weighted by molar-refractivity contribution is 7.58. The van der Waals surface area contributed by atoms with Crippen molar-refractivity contribution in [2.24, 2.45) is 23.3 Å². The number of fused-ring (bicyclic) bond motifs is 1. The van der Waals surface area contributed by atoms with Crippen LogP contribution in [0.1, 0.15) is 37.8 Å². The van der Waals surface area contributed by atoms with Gasteiger partial charge in [0, 0.05) is 35.6 Å². The van der Waals surface area contributed by atoms with Crippen molar-refractivity contribution in [3.63, 3.8) is 0 Å². The lowest BCUT2D eigenvalue weighted by atomic mass is 9.97. The molecule has 4 atom stereocenters. The molecule has 0 saturated heterocycles. The van der Waals surface area contributed by atoms with Crippen molar-refractivity contribution in [1.29, 1.82) is 0 Å². The highest BCUT2D eigenvalue weighted by Crippen LogP contribution is 2.48. The van der Waals surface area contributed by atoms with Crippen molar-refractivity contribution in [1.82, 2.24) is 10.3 Å². The third-order valence-electron chi connectivity index (χ3n) is 6.46. The van der Waals surface area contributed by atoms with Gasteiger partial charge in [-0.25, -0.2) is 0 Å². The number of H-pyrrole nitrogens is 1. The van der Waals surface area contributed by atoms with E-state index in [1.807, 2.05) is 68.4 Å². The van der Waals surface area contributed by atoms with E-state index in [0.29, 0.717) is 19.3 Å². The molecule has 1 aromatic heterocycles. The van der Waals surface area contributed by atoms with Gasteiger partial charge in [-0.05, 0) is 42.4 Å². The lowest BCUT2D eigenvalue weighted by Crippen LogP contribution is -2.48. The van der Waals surface area contributed by atoms with Crippen LogP contribution in [0, 0.1) is 11.8 Å². The van der Waals surface area contributed by atoms with Gasteiger partial charge in [-0.3, -0.25) is 28.5 Å². The largest absolute Gasteiger partial charge is 0.483 e. The van der Waals surface area contributed by atoms with Crippen LogP contribution in [0.3, 0.4) is 0 Å². The summed E-state index contributed by atoms with van der Waals surface area (Å²) in [4.78, 5) is 64.5. The van der Waals surface area contributed by atoms with Crippen LogP contribution in [0.4, 0.5) is 0 Å². The molecule has 0 radical (unpaired) electrons. The molecule has 45 heavy (non-hydrogen) atoms. The zero-order chi connectivity index (χ0) is 34.4. The van der Waals surface area contributed by atoms with Crippen LogP contribution in [0.5, 0.6) is 0 Å². The zero-order valence-electron chi connectivity index (χ0n) is 25.2. The number of carbonyl (C=O) groups excluding carboxylic acids is 2. The predicted octanol–water partition coefficient (Wildman–Crippen LogP) is 2.63. The Bertz CT molecular complexity index is 1350. The summed E-state index contributed by atoms with van der Waals surface area (Å²) in [5, 5.41) is 24.4. The number of hydrogen-bond acceptors (Lipinski definition) is 7. The van der Waals surface area contributed by atoms with E-state index in [-0.39, 0.29) is 37.9 Å². The maximum Gasteiger partial charge on any atom is 0.290 e. The molecule has 0 bridgehead atoms. The summed E-state index contributed by atoms with van der Waals surface area (Å²) >= 11 is 0. The molecular formula is C30H43N4O10P. The fourth-order valence-corrected chi connectivity index (χ4v) is 6.23. The van der Waals surface area contributed by atoms with Crippen LogP contribution in [0.15, 0.2) is 60.8 Å². The summed E-state index contributed by atoms with van der Waals surface area (Å²) in [6.45, 7) is 3.13. The Labute approximate surface area is 261 Å². The number of nitrogens with one attached hydrogen (secondary N) is 2. The number of carboxylic acid groups (broad SMARTS) is 3. The Morgan fingerprint density at radius 1 is 0.956 bits per heavy atom. The number of aromatic nitrogens is 1. The highest BCUT2D eigenvalue weighted by atomic mass is 31.2. The maximum atomic E-state index is 13.3. The number of primary amides is 1. The molecule has 10 N–H and O–H groups in total. The number of benzene rings is 2. The van der Waals surface area contributed by atoms with Crippen molar-refractivity contribution < 1.29 is 48.8 Å². The second-order valence-corrected chi connectivity index (χ2v) is 12.7. The quantitative estimate of drug-likeness (QED) is 0.0984. The van der Waals surface area contributed by atoms with Gasteiger partial charge in [0.05, 0.1) is 5.78 Å².